The minimum absolute atomic E-state index is 0.148. The normalized spacial score (nSPS) is 11.2. The maximum Gasteiger partial charge on any atom is 0.232 e. The van der Waals surface area contributed by atoms with E-state index in [9.17, 15) is 4.39 Å². The van der Waals surface area contributed by atoms with Crippen molar-refractivity contribution in [3.05, 3.63) is 269 Å². The van der Waals surface area contributed by atoms with E-state index in [1.807, 2.05) is 104 Å². The van der Waals surface area contributed by atoms with Crippen molar-refractivity contribution in [2.45, 2.75) is 400 Å². The number of anilines is 4. The second kappa shape index (κ2) is 76.1. The number of ether oxygens (including phenoxy) is 5. The van der Waals surface area contributed by atoms with Crippen LogP contribution in [0.5, 0.6) is 29.4 Å². The summed E-state index contributed by atoms with van der Waals surface area (Å²) in [4.78, 5) is 49.6. The molecule has 0 amide bonds. The van der Waals surface area contributed by atoms with E-state index in [4.69, 9.17) is 23.7 Å². The van der Waals surface area contributed by atoms with Gasteiger partial charge in [-0.1, -0.05) is 300 Å². The van der Waals surface area contributed by atoms with Crippen LogP contribution in [0.4, 0.5) is 27.7 Å². The highest BCUT2D eigenvalue weighted by atomic mass is 19.1. The van der Waals surface area contributed by atoms with Gasteiger partial charge in [-0.15, -0.1) is 0 Å². The van der Waals surface area contributed by atoms with E-state index < -0.39 is 6.17 Å². The molecule has 3 N–H and O–H groups in total. The van der Waals surface area contributed by atoms with Crippen molar-refractivity contribution in [2.75, 3.05) is 85.5 Å². The molecule has 11 rings (SSSR count). The molecule has 0 fully saturated rings. The molecule has 0 radical (unpaired) electrons. The number of hydrogen-bond donors (Lipinski definition) is 3. The van der Waals surface area contributed by atoms with Crippen LogP contribution in [0, 0.1) is 23.2 Å². The Morgan fingerprint density at radius 3 is 1.13 bits per heavy atom. The van der Waals surface area contributed by atoms with E-state index in [2.05, 4.69) is 442 Å². The standard InChI is InChI=1S/2C13H21NO.C12H20N2O.2C12H20N2.C12H21N2.C11H15F.C11H18N2O.2C11H18N2.C9H13NO/c1-10(2)7-8-15-13-6-5-12(9-14-13)11(3)4;1-5-12(6-2)15-13-8-7-11(9-14-13)10(3)4;1-9(2)10-6-13-7-11(14-10)15-8-12(3,4)5;1-9(2)7-13-12-6-5-11(8-14-12)10(3)4;1-5-14(6-2)12-8-7-11(9-13-12)10(3)4;1-5-13(6-2)14-9-7-8-12(10-14)11(3)4;1-8(2)10-5-4-6-11(7-10)9(3)12;1-8(2)7-14-11-6-12-5-10(13-11)9(3)4;1-8(2)10-5-6-11(12-7-10)13-9(3)4;1-8(2)10-6-5-7-11(13-10)12-9(3)4;1-7(2)8-4-5-9(11-3)10-6-8/h5-6,9-11H,7-8H2,1-4H3;7-10,12H,5-6H2,1-4H3;6-7,9H,8H2,1-5H3;5-6,8-10H,7H2,1-4H3,(H,13,14);7-10H,5-6H2,1-4H3;7-11H,5-6H2,1-4H3;4-9H,1-3H3;5-6,8-9H,7H2,1-4H3;2*5-9H,1-4H3,(H,12,13);4-7H,1-3H3/q;;;;;+1;;;;;. The molecule has 0 aliphatic carbocycles. The molecule has 1 aromatic carbocycles. The van der Waals surface area contributed by atoms with E-state index >= 15 is 0 Å². The third-order valence-corrected chi connectivity index (χ3v) is 23.2. The van der Waals surface area contributed by atoms with Gasteiger partial charge in [0.2, 0.25) is 35.6 Å². The maximum absolute atomic E-state index is 12.9. The molecule has 23 heteroatoms. The van der Waals surface area contributed by atoms with E-state index in [0.29, 0.717) is 132 Å². The van der Waals surface area contributed by atoms with Gasteiger partial charge < -0.3 is 44.5 Å². The van der Waals surface area contributed by atoms with Crippen molar-refractivity contribution in [2.24, 2.45) is 23.2 Å². The van der Waals surface area contributed by atoms with Crippen LogP contribution in [-0.2, 0) is 0 Å². The average molecular weight is 2070 g/mol. The largest absolute Gasteiger partial charge is 0.481 e. The van der Waals surface area contributed by atoms with Crippen LogP contribution in [-0.4, -0.2) is 133 Å². The molecule has 1 unspecified atom stereocenters. The molecule has 0 spiro atoms. The lowest BCUT2D eigenvalue weighted by atomic mass is 9.99. The smallest absolute Gasteiger partial charge is 0.232 e. The van der Waals surface area contributed by atoms with Crippen molar-refractivity contribution < 1.29 is 32.8 Å². The summed E-state index contributed by atoms with van der Waals surface area (Å²) in [6.45, 7) is 96.9. The lowest BCUT2D eigenvalue weighted by Gasteiger charge is -2.19. The average Bonchev–Trinajstić information content (AvgIpc) is 0.793. The van der Waals surface area contributed by atoms with Gasteiger partial charge in [0.05, 0.1) is 69.9 Å². The molecule has 10 aromatic heterocycles. The molecule has 0 bridgehead atoms. The van der Waals surface area contributed by atoms with Crippen LogP contribution in [0.25, 0.3) is 0 Å². The number of nitrogens with zero attached hydrogens (tertiary/aromatic N) is 14. The fourth-order valence-electron chi connectivity index (χ4n) is 13.1. The Kier molecular flexibility index (Phi) is 69.3. The monoisotopic (exact) mass is 2070 g/mol. The third-order valence-electron chi connectivity index (χ3n) is 23.2. The molecule has 0 aliphatic rings. The Balaban J connectivity index is 0.000000826. The number of pyridine rings is 8. The SMILES string of the molecule is CC(C)CCOc1ccc(C(C)C)cn1.CC(C)CNc1ccc(C(C)C)cn1.CC(C)COc1cncc(C(C)C)n1.CC(C)Nc1ccc(C(C)C)cn1.CC(C)Nc1cccc(C(C)C)n1.CC(C)c1cccc(C(C)F)c1.CC(C)c1cncc(OCC(C)(C)C)n1.CCC(CC)Oc1ccc(C(C)C)cn1.CCN(CC)[n+]1cccc(C(C)C)c1.CCN(CC)c1ccc(C(C)C)cn1.COc1ccc(C(C)C)cn1. The van der Waals surface area contributed by atoms with Crippen molar-refractivity contribution >= 4 is 23.3 Å². The Morgan fingerprint density at radius 2 is 0.760 bits per heavy atom. The van der Waals surface area contributed by atoms with Gasteiger partial charge in [-0.2, -0.15) is 5.01 Å². The van der Waals surface area contributed by atoms with Crippen molar-refractivity contribution in [3.8, 4) is 29.4 Å². The summed E-state index contributed by atoms with van der Waals surface area (Å²) >= 11 is 0. The highest BCUT2D eigenvalue weighted by molar-refractivity contribution is 5.41. The van der Waals surface area contributed by atoms with Crippen LogP contribution in [0.2, 0.25) is 0 Å². The molecule has 0 saturated heterocycles. The predicted molar refractivity (Wildman–Crippen MR) is 637 cm³/mol. The zero-order valence-electron chi connectivity index (χ0n) is 101. The van der Waals surface area contributed by atoms with Crippen molar-refractivity contribution in [3.63, 3.8) is 0 Å². The van der Waals surface area contributed by atoms with Crippen molar-refractivity contribution in [1.29, 1.82) is 0 Å². The first-order chi connectivity index (χ1) is 70.7. The van der Waals surface area contributed by atoms with Gasteiger partial charge in [-0.25, -0.2) is 49.2 Å². The van der Waals surface area contributed by atoms with Crippen LogP contribution >= 0.6 is 0 Å². The fraction of sp³-hybridized carbons (Fsp3) is 0.575. The predicted octanol–water partition coefficient (Wildman–Crippen LogP) is 33.6. The van der Waals surface area contributed by atoms with Gasteiger partial charge in [0.15, 0.2) is 6.20 Å². The zero-order chi connectivity index (χ0) is 113. The van der Waals surface area contributed by atoms with Gasteiger partial charge in [0, 0.05) is 117 Å². The molecule has 834 valence electrons. The lowest BCUT2D eigenvalue weighted by Crippen LogP contribution is -2.57. The van der Waals surface area contributed by atoms with Crippen LogP contribution in [0.3, 0.4) is 0 Å². The summed E-state index contributed by atoms with van der Waals surface area (Å²) in [5, 5.41) is 12.1. The minimum atomic E-state index is -0.858. The Hall–Kier alpha value is -11.5. The topological polar surface area (TPSA) is 234 Å². The number of alkyl halides is 1. The van der Waals surface area contributed by atoms with Crippen molar-refractivity contribution in [1.82, 2.24) is 54.8 Å². The summed E-state index contributed by atoms with van der Waals surface area (Å²) in [6, 6.07) is 43.7. The number of nitrogens with one attached hydrogen (secondary N) is 3. The summed E-state index contributed by atoms with van der Waals surface area (Å²) < 4.78 is 42.4. The van der Waals surface area contributed by atoms with E-state index in [0.717, 1.165) is 116 Å². The molecular formula is C127H205FN17O5+. The zero-order valence-corrected chi connectivity index (χ0v) is 101. The first-order valence-electron chi connectivity index (χ1n) is 55.7. The summed E-state index contributed by atoms with van der Waals surface area (Å²) in [6.07, 6.45) is 25.3. The second-order valence-corrected chi connectivity index (χ2v) is 44.2. The molecule has 22 nitrogen and oxygen atoms in total. The Morgan fingerprint density at radius 1 is 0.347 bits per heavy atom. The van der Waals surface area contributed by atoms with Gasteiger partial charge in [-0.05, 0) is 251 Å². The van der Waals surface area contributed by atoms with Gasteiger partial charge in [0.1, 0.15) is 29.4 Å². The van der Waals surface area contributed by atoms with E-state index in [1.165, 1.54) is 44.5 Å². The quantitative estimate of drug-likeness (QED) is 0.0304. The molecular weight excluding hydrogens is 1860 g/mol. The van der Waals surface area contributed by atoms with Crippen LogP contribution < -0.4 is 54.2 Å². The van der Waals surface area contributed by atoms with E-state index in [1.54, 1.807) is 38.8 Å². The number of rotatable bonds is 39. The first kappa shape index (κ1) is 137. The summed E-state index contributed by atoms with van der Waals surface area (Å²) in [5.74, 6) is 14.9. The molecule has 150 heavy (non-hydrogen) atoms. The van der Waals surface area contributed by atoms with Gasteiger partial charge in [-0.3, -0.25) is 9.97 Å². The maximum atomic E-state index is 12.9. The minimum Gasteiger partial charge on any atom is -0.481 e. The fourth-order valence-corrected chi connectivity index (χ4v) is 13.1. The number of benzene rings is 1. The third kappa shape index (κ3) is 61.1. The molecule has 10 heterocycles. The summed E-state index contributed by atoms with van der Waals surface area (Å²) in [5.41, 5.74) is 14.3. The Labute approximate surface area is 911 Å². The van der Waals surface area contributed by atoms with E-state index in [-0.39, 0.29) is 5.41 Å². The number of halogens is 1. The lowest BCUT2D eigenvalue weighted by molar-refractivity contribution is -0.693. The highest BCUT2D eigenvalue weighted by Crippen LogP contribution is 2.27. The van der Waals surface area contributed by atoms with Crippen LogP contribution in [0.15, 0.2) is 202 Å². The number of aromatic nitrogens is 12. The van der Waals surface area contributed by atoms with Gasteiger partial charge >= 0.3 is 0 Å². The highest BCUT2D eigenvalue weighted by Gasteiger charge is 2.17. The molecule has 11 aromatic rings. The number of hydrogen-bond acceptors (Lipinski definition) is 21. The second-order valence-electron chi connectivity index (χ2n) is 44.2. The summed E-state index contributed by atoms with van der Waals surface area (Å²) in [7, 11) is 1.62. The first-order valence-corrected chi connectivity index (χ1v) is 55.7. The molecule has 1 atom stereocenters. The van der Waals surface area contributed by atoms with Crippen LogP contribution in [0.1, 0.15) is 448 Å². The van der Waals surface area contributed by atoms with Gasteiger partial charge in [0.25, 0.3) is 0 Å². The number of methoxy groups -OCH3 is 1. The molecule has 0 saturated carbocycles. The molecule has 0 aliphatic heterocycles. The Bertz CT molecular complexity index is 5170.